The molecule has 0 spiro atoms. The third kappa shape index (κ3) is 7.35. The summed E-state index contributed by atoms with van der Waals surface area (Å²) in [7, 11) is -3.80. The molecule has 1 aromatic carbocycles. The highest BCUT2D eigenvalue weighted by molar-refractivity contribution is 7.91. The zero-order valence-electron chi connectivity index (χ0n) is 25.0. The van der Waals surface area contributed by atoms with Gasteiger partial charge in [-0.3, -0.25) is 19.4 Å². The van der Waals surface area contributed by atoms with Crippen LogP contribution in [0.3, 0.4) is 0 Å². The normalized spacial score (nSPS) is 23.7. The quantitative estimate of drug-likeness (QED) is 0.392. The fourth-order valence-corrected chi connectivity index (χ4v) is 7.90. The van der Waals surface area contributed by atoms with Gasteiger partial charge < -0.3 is 10.6 Å². The number of urea groups is 1. The number of sulfone groups is 1. The van der Waals surface area contributed by atoms with Crippen LogP contribution in [0.15, 0.2) is 50.9 Å². The van der Waals surface area contributed by atoms with Gasteiger partial charge >= 0.3 is 12.2 Å². The molecule has 250 valence electrons. The number of allylic oxidation sites excluding steroid dienone is 2. The standard InChI is InChI=1S/C30H34Cl2F3N5O5S/c1-2-46(44,45)24-6-5-19(31)12-18(24)15-40-28(42)21-13-23(30(33,34)35)22(25(32)26(21)38-29(40)43)16-39-11-3-4-17(14-39)27(41)37-20-7-9-36-10-8-20/h5-6,12-13,17,20,25,36H,2-4,7-11,14-16H2,1H3,(H,37,41)/t17-,25?/m1/s1. The predicted molar refractivity (Wildman–Crippen MR) is 167 cm³/mol. The summed E-state index contributed by atoms with van der Waals surface area (Å²) >= 11 is 12.7. The number of carbonyl (C=O) groups excluding carboxylic acids is 3. The minimum absolute atomic E-state index is 0.0182. The van der Waals surface area contributed by atoms with E-state index in [9.17, 15) is 36.0 Å². The van der Waals surface area contributed by atoms with Crippen molar-refractivity contribution >= 4 is 56.6 Å². The number of amides is 4. The fourth-order valence-electron chi connectivity index (χ4n) is 6.24. The molecular weight excluding hydrogens is 670 g/mol. The second-order valence-corrected chi connectivity index (χ2v) is 14.9. The highest BCUT2D eigenvalue weighted by Crippen LogP contribution is 2.40. The monoisotopic (exact) mass is 703 g/mol. The number of carbonyl (C=O) groups is 3. The molecule has 0 aromatic heterocycles. The Morgan fingerprint density at radius 3 is 2.54 bits per heavy atom. The van der Waals surface area contributed by atoms with E-state index in [1.807, 2.05) is 0 Å². The lowest BCUT2D eigenvalue weighted by atomic mass is 9.87. The van der Waals surface area contributed by atoms with Crippen LogP contribution in [0.5, 0.6) is 0 Å². The summed E-state index contributed by atoms with van der Waals surface area (Å²) < 4.78 is 68.8. The highest BCUT2D eigenvalue weighted by atomic mass is 35.5. The second kappa shape index (κ2) is 13.8. The lowest BCUT2D eigenvalue weighted by Gasteiger charge is -2.37. The Morgan fingerprint density at radius 2 is 1.87 bits per heavy atom. The lowest BCUT2D eigenvalue weighted by molar-refractivity contribution is -0.127. The number of nitrogens with zero attached hydrogens (tertiary/aromatic N) is 3. The van der Waals surface area contributed by atoms with Gasteiger partial charge in [0.05, 0.1) is 45.3 Å². The Morgan fingerprint density at radius 1 is 1.15 bits per heavy atom. The number of benzene rings is 1. The van der Waals surface area contributed by atoms with Crippen molar-refractivity contribution in [1.29, 1.82) is 0 Å². The van der Waals surface area contributed by atoms with Gasteiger partial charge in [-0.1, -0.05) is 18.5 Å². The molecule has 2 saturated heterocycles. The molecule has 1 unspecified atom stereocenters. The molecule has 3 aliphatic heterocycles. The Kier molecular flexibility index (Phi) is 10.3. The molecule has 46 heavy (non-hydrogen) atoms. The summed E-state index contributed by atoms with van der Waals surface area (Å²) in [5.41, 5.74) is -2.18. The zero-order valence-corrected chi connectivity index (χ0v) is 27.3. The maximum atomic E-state index is 14.5. The molecule has 2 N–H and O–H groups in total. The second-order valence-electron chi connectivity index (χ2n) is 11.8. The summed E-state index contributed by atoms with van der Waals surface area (Å²) in [5.74, 6) is -1.89. The first-order valence-corrected chi connectivity index (χ1v) is 17.5. The first-order valence-electron chi connectivity index (χ1n) is 15.0. The predicted octanol–water partition coefficient (Wildman–Crippen LogP) is 4.02. The van der Waals surface area contributed by atoms with Crippen LogP contribution in [-0.2, 0) is 26.0 Å². The highest BCUT2D eigenvalue weighted by Gasteiger charge is 2.46. The average Bonchev–Trinajstić information content (AvgIpc) is 3.01. The van der Waals surface area contributed by atoms with Crippen LogP contribution in [0.1, 0.15) is 38.2 Å². The van der Waals surface area contributed by atoms with E-state index in [0.29, 0.717) is 30.4 Å². The van der Waals surface area contributed by atoms with Gasteiger partial charge in [0.25, 0.3) is 5.91 Å². The SMILES string of the molecule is CCS(=O)(=O)c1ccc(Cl)cc1CN1C(=O)N=C2C(=CC(C(F)(F)F)=C(CN3CCC[C@@H](C(=O)NC4CCNCC4)C3)C2Cl)C1=O. The number of nitrogens with one attached hydrogen (secondary N) is 2. The molecule has 16 heteroatoms. The molecule has 1 aliphatic carbocycles. The Balaban J connectivity index is 1.41. The number of likely N-dealkylation sites (tertiary alicyclic amines) is 1. The summed E-state index contributed by atoms with van der Waals surface area (Å²) in [6.45, 7) is 2.87. The van der Waals surface area contributed by atoms with Crippen molar-refractivity contribution in [1.82, 2.24) is 20.4 Å². The van der Waals surface area contributed by atoms with Gasteiger partial charge in [-0.15, -0.1) is 11.6 Å². The maximum absolute atomic E-state index is 14.5. The number of imide groups is 1. The first kappa shape index (κ1) is 34.6. The van der Waals surface area contributed by atoms with E-state index in [4.69, 9.17) is 23.2 Å². The van der Waals surface area contributed by atoms with Crippen LogP contribution in [-0.4, -0.2) is 97.8 Å². The van der Waals surface area contributed by atoms with Crippen molar-refractivity contribution in [3.63, 3.8) is 0 Å². The topological polar surface area (TPSA) is 128 Å². The number of piperidine rings is 2. The third-order valence-corrected chi connectivity index (χ3v) is 11.2. The van der Waals surface area contributed by atoms with Crippen molar-refractivity contribution < 1.29 is 36.0 Å². The van der Waals surface area contributed by atoms with E-state index >= 15 is 0 Å². The van der Waals surface area contributed by atoms with Crippen molar-refractivity contribution in [2.24, 2.45) is 10.9 Å². The van der Waals surface area contributed by atoms with Crippen LogP contribution in [0.2, 0.25) is 5.02 Å². The van der Waals surface area contributed by atoms with Crippen molar-refractivity contribution in [2.45, 2.75) is 61.6 Å². The molecule has 10 nitrogen and oxygen atoms in total. The summed E-state index contributed by atoms with van der Waals surface area (Å²) in [6, 6.07) is 2.83. The van der Waals surface area contributed by atoms with Gasteiger partial charge in [0, 0.05) is 24.2 Å². The molecule has 2 fully saturated rings. The first-order chi connectivity index (χ1) is 21.7. The van der Waals surface area contributed by atoms with E-state index in [1.54, 1.807) is 4.90 Å². The van der Waals surface area contributed by atoms with Gasteiger partial charge in [0.1, 0.15) is 0 Å². The van der Waals surface area contributed by atoms with Gasteiger partial charge in [-0.2, -0.15) is 18.2 Å². The number of rotatable bonds is 8. The number of fused-ring (bicyclic) bond motifs is 1. The summed E-state index contributed by atoms with van der Waals surface area (Å²) in [6.07, 6.45) is -1.43. The summed E-state index contributed by atoms with van der Waals surface area (Å²) in [5, 5.41) is 4.90. The number of hydrogen-bond acceptors (Lipinski definition) is 7. The molecule has 4 aliphatic rings. The molecule has 1 aromatic rings. The van der Waals surface area contributed by atoms with Crippen LogP contribution in [0, 0.1) is 5.92 Å². The zero-order chi connectivity index (χ0) is 33.4. The minimum atomic E-state index is -4.90. The van der Waals surface area contributed by atoms with Gasteiger partial charge in [-0.25, -0.2) is 13.2 Å². The number of aliphatic imine (C=N–C) groups is 1. The molecule has 0 bridgehead atoms. The van der Waals surface area contributed by atoms with Crippen LogP contribution in [0.25, 0.3) is 0 Å². The van der Waals surface area contributed by atoms with E-state index in [2.05, 4.69) is 15.6 Å². The fraction of sp³-hybridized carbons (Fsp3) is 0.533. The van der Waals surface area contributed by atoms with E-state index < -0.39 is 56.9 Å². The molecule has 4 amide bonds. The molecule has 2 atom stereocenters. The Labute approximate surface area is 275 Å². The average molecular weight is 705 g/mol. The molecule has 0 radical (unpaired) electrons. The van der Waals surface area contributed by atoms with Crippen molar-refractivity contribution in [3.05, 3.63) is 51.6 Å². The molecule has 3 heterocycles. The number of hydrogen-bond donors (Lipinski definition) is 2. The van der Waals surface area contributed by atoms with E-state index in [-0.39, 0.29) is 57.6 Å². The molecule has 5 rings (SSSR count). The number of halogens is 5. The van der Waals surface area contributed by atoms with Crippen molar-refractivity contribution in [2.75, 3.05) is 38.5 Å². The summed E-state index contributed by atoms with van der Waals surface area (Å²) in [4.78, 5) is 45.8. The number of alkyl halides is 4. The maximum Gasteiger partial charge on any atom is 0.416 e. The smallest absolute Gasteiger partial charge is 0.353 e. The Hall–Kier alpha value is -2.78. The minimum Gasteiger partial charge on any atom is -0.353 e. The van der Waals surface area contributed by atoms with Crippen molar-refractivity contribution in [3.8, 4) is 0 Å². The lowest BCUT2D eigenvalue weighted by Crippen LogP contribution is -2.50. The molecule has 0 saturated carbocycles. The van der Waals surface area contributed by atoms with E-state index in [0.717, 1.165) is 25.9 Å². The van der Waals surface area contributed by atoms with Crippen LogP contribution < -0.4 is 10.6 Å². The van der Waals surface area contributed by atoms with Gasteiger partial charge in [0.2, 0.25) is 5.91 Å². The molecular formula is C30H34Cl2F3N5O5S. The van der Waals surface area contributed by atoms with Gasteiger partial charge in [0.15, 0.2) is 9.84 Å². The van der Waals surface area contributed by atoms with Gasteiger partial charge in [-0.05, 0) is 80.7 Å². The Bertz CT molecular complexity index is 1620. The largest absolute Gasteiger partial charge is 0.416 e. The van der Waals surface area contributed by atoms with Crippen LogP contribution >= 0.6 is 23.2 Å². The third-order valence-electron chi connectivity index (χ3n) is 8.71. The van der Waals surface area contributed by atoms with E-state index in [1.165, 1.54) is 25.1 Å². The van der Waals surface area contributed by atoms with Crippen LogP contribution in [0.4, 0.5) is 18.0 Å².